The van der Waals surface area contributed by atoms with Crippen molar-refractivity contribution in [2.24, 2.45) is 0 Å². The van der Waals surface area contributed by atoms with E-state index in [9.17, 15) is 10.5 Å². The molecule has 0 fully saturated rings. The lowest BCUT2D eigenvalue weighted by Crippen LogP contribution is -2.15. The van der Waals surface area contributed by atoms with Crippen LogP contribution in [0.3, 0.4) is 0 Å². The van der Waals surface area contributed by atoms with Crippen molar-refractivity contribution in [3.63, 3.8) is 0 Å². The van der Waals surface area contributed by atoms with Gasteiger partial charge in [0.25, 0.3) is 0 Å². The molecular formula is C20H22N2. The Bertz CT molecular complexity index is 745. The Kier molecular flexibility index (Phi) is 3.76. The molecule has 2 aromatic carbocycles. The van der Waals surface area contributed by atoms with Gasteiger partial charge < -0.3 is 0 Å². The monoisotopic (exact) mass is 290 g/mol. The summed E-state index contributed by atoms with van der Waals surface area (Å²) in [5.41, 5.74) is 3.40. The largest absolute Gasteiger partial charge is 0.192 e. The molecule has 0 saturated heterocycles. The van der Waals surface area contributed by atoms with E-state index in [0.717, 1.165) is 21.9 Å². The summed E-state index contributed by atoms with van der Waals surface area (Å²) in [4.78, 5) is 0. The van der Waals surface area contributed by atoms with Gasteiger partial charge in [-0.15, -0.1) is 0 Å². The molecule has 0 spiro atoms. The van der Waals surface area contributed by atoms with Crippen LogP contribution in [0.5, 0.6) is 0 Å². The zero-order valence-corrected chi connectivity index (χ0v) is 14.2. The first-order chi connectivity index (χ1) is 10.1. The van der Waals surface area contributed by atoms with Crippen LogP contribution in [-0.4, -0.2) is 0 Å². The van der Waals surface area contributed by atoms with Gasteiger partial charge in [0.1, 0.15) is 0 Å². The maximum Gasteiger partial charge on any atom is 0.0991 e. The fourth-order valence-corrected chi connectivity index (χ4v) is 2.83. The third-order valence-electron chi connectivity index (χ3n) is 3.94. The second-order valence-electron chi connectivity index (χ2n) is 7.87. The van der Waals surface area contributed by atoms with Crippen LogP contribution >= 0.6 is 0 Å². The first-order valence-electron chi connectivity index (χ1n) is 7.51. The van der Waals surface area contributed by atoms with E-state index >= 15 is 0 Å². The minimum Gasteiger partial charge on any atom is -0.192 e. The number of nitrogens with zero attached hydrogens (tertiary/aromatic N) is 2. The standard InChI is InChI=1S/C20H22N2/c1-19(2,3)17-9-13(11-21)8-16-15(17)7-14(12-22)10-18(16)20(4,5)6/h7-10H,1-6H3. The van der Waals surface area contributed by atoms with Gasteiger partial charge >= 0.3 is 0 Å². The highest BCUT2D eigenvalue weighted by Crippen LogP contribution is 2.37. The molecule has 0 aliphatic rings. The van der Waals surface area contributed by atoms with Crippen LogP contribution in [0.1, 0.15) is 63.8 Å². The van der Waals surface area contributed by atoms with Crippen molar-refractivity contribution in [1.29, 1.82) is 10.5 Å². The second kappa shape index (κ2) is 5.15. The third kappa shape index (κ3) is 2.83. The van der Waals surface area contributed by atoms with Gasteiger partial charge in [-0.25, -0.2) is 0 Å². The molecule has 0 unspecified atom stereocenters. The molecule has 22 heavy (non-hydrogen) atoms. The molecule has 0 heterocycles. The first-order valence-corrected chi connectivity index (χ1v) is 7.51. The van der Waals surface area contributed by atoms with Crippen LogP contribution in [0, 0.1) is 22.7 Å². The Morgan fingerprint density at radius 3 is 1.18 bits per heavy atom. The highest BCUT2D eigenvalue weighted by atomic mass is 14.3. The summed E-state index contributed by atoms with van der Waals surface area (Å²) in [5, 5.41) is 20.9. The van der Waals surface area contributed by atoms with E-state index in [0.29, 0.717) is 11.1 Å². The van der Waals surface area contributed by atoms with Gasteiger partial charge in [0.2, 0.25) is 0 Å². The van der Waals surface area contributed by atoms with Crippen LogP contribution < -0.4 is 0 Å². The zero-order chi connectivity index (χ0) is 16.7. The van der Waals surface area contributed by atoms with Crippen molar-refractivity contribution in [3.8, 4) is 12.1 Å². The summed E-state index contributed by atoms with van der Waals surface area (Å²) in [6.07, 6.45) is 0. The minimum atomic E-state index is -0.0889. The van der Waals surface area contributed by atoms with Crippen molar-refractivity contribution in [2.75, 3.05) is 0 Å². The molecule has 2 aromatic rings. The van der Waals surface area contributed by atoms with Crippen LogP contribution in [0.25, 0.3) is 10.8 Å². The first kappa shape index (κ1) is 16.1. The fraction of sp³-hybridized carbons (Fsp3) is 0.400. The Balaban J connectivity index is 3.06. The van der Waals surface area contributed by atoms with Gasteiger partial charge in [-0.3, -0.25) is 0 Å². The van der Waals surface area contributed by atoms with Gasteiger partial charge in [-0.2, -0.15) is 10.5 Å². The third-order valence-corrected chi connectivity index (χ3v) is 3.94. The van der Waals surface area contributed by atoms with Crippen molar-refractivity contribution < 1.29 is 0 Å². The van der Waals surface area contributed by atoms with Gasteiger partial charge in [0.05, 0.1) is 23.3 Å². The molecule has 2 nitrogen and oxygen atoms in total. The lowest BCUT2D eigenvalue weighted by Gasteiger charge is -2.26. The summed E-state index contributed by atoms with van der Waals surface area (Å²) in [6.45, 7) is 12.8. The van der Waals surface area contributed by atoms with Gasteiger partial charge in [-0.1, -0.05) is 41.5 Å². The topological polar surface area (TPSA) is 47.6 Å². The highest BCUT2D eigenvalue weighted by Gasteiger charge is 2.23. The summed E-state index contributed by atoms with van der Waals surface area (Å²) in [5.74, 6) is 0. The molecule has 112 valence electrons. The number of hydrogen-bond acceptors (Lipinski definition) is 2. The van der Waals surface area contributed by atoms with Gasteiger partial charge in [0, 0.05) is 0 Å². The number of benzene rings is 2. The zero-order valence-electron chi connectivity index (χ0n) is 14.2. The van der Waals surface area contributed by atoms with Crippen molar-refractivity contribution in [1.82, 2.24) is 0 Å². The van der Waals surface area contributed by atoms with Crippen molar-refractivity contribution in [3.05, 3.63) is 46.5 Å². The van der Waals surface area contributed by atoms with E-state index in [1.165, 1.54) is 0 Å². The number of rotatable bonds is 0. The summed E-state index contributed by atoms with van der Waals surface area (Å²) >= 11 is 0. The quantitative estimate of drug-likeness (QED) is 0.671. The lowest BCUT2D eigenvalue weighted by atomic mass is 9.77. The maximum absolute atomic E-state index is 9.38. The van der Waals surface area contributed by atoms with Crippen LogP contribution in [0.4, 0.5) is 0 Å². The second-order valence-corrected chi connectivity index (χ2v) is 7.87. The lowest BCUT2D eigenvalue weighted by molar-refractivity contribution is 0.590. The molecule has 0 aromatic heterocycles. The molecule has 2 heteroatoms. The summed E-state index contributed by atoms with van der Waals surface area (Å²) in [6, 6.07) is 12.4. The molecule has 0 radical (unpaired) electrons. The highest BCUT2D eigenvalue weighted by molar-refractivity contribution is 5.92. The SMILES string of the molecule is CC(C)(C)c1cc(C#N)cc2c(C(C)(C)C)cc(C#N)cc12. The normalized spacial score (nSPS) is 12.0. The molecular weight excluding hydrogens is 268 g/mol. The van der Waals surface area contributed by atoms with Crippen LogP contribution in [0.2, 0.25) is 0 Å². The Labute approximate surface area is 133 Å². The average molecular weight is 290 g/mol. The van der Waals surface area contributed by atoms with Crippen LogP contribution in [0.15, 0.2) is 24.3 Å². The minimum absolute atomic E-state index is 0.0889. The Morgan fingerprint density at radius 2 is 0.955 bits per heavy atom. The van der Waals surface area contributed by atoms with E-state index in [4.69, 9.17) is 0 Å². The maximum atomic E-state index is 9.38. The molecule has 2 rings (SSSR count). The molecule has 0 aliphatic carbocycles. The summed E-state index contributed by atoms with van der Waals surface area (Å²) in [7, 11) is 0. The molecule has 0 N–H and O–H groups in total. The Morgan fingerprint density at radius 1 is 0.636 bits per heavy atom. The number of nitriles is 2. The molecule has 0 saturated carbocycles. The molecule has 0 atom stereocenters. The summed E-state index contributed by atoms with van der Waals surface area (Å²) < 4.78 is 0. The van der Waals surface area contributed by atoms with Gasteiger partial charge in [-0.05, 0) is 57.0 Å². The van der Waals surface area contributed by atoms with Crippen molar-refractivity contribution >= 4 is 10.8 Å². The van der Waals surface area contributed by atoms with E-state index in [2.05, 4.69) is 53.7 Å². The van der Waals surface area contributed by atoms with Crippen molar-refractivity contribution in [2.45, 2.75) is 52.4 Å². The smallest absolute Gasteiger partial charge is 0.0991 e. The number of fused-ring (bicyclic) bond motifs is 1. The van der Waals surface area contributed by atoms with E-state index in [1.807, 2.05) is 24.3 Å². The number of hydrogen-bond donors (Lipinski definition) is 0. The fourth-order valence-electron chi connectivity index (χ4n) is 2.83. The predicted molar refractivity (Wildman–Crippen MR) is 90.8 cm³/mol. The van der Waals surface area contributed by atoms with Crippen LogP contribution in [-0.2, 0) is 10.8 Å². The molecule has 0 aliphatic heterocycles. The van der Waals surface area contributed by atoms with E-state index in [-0.39, 0.29) is 10.8 Å². The average Bonchev–Trinajstić information content (AvgIpc) is 2.42. The van der Waals surface area contributed by atoms with E-state index in [1.54, 1.807) is 0 Å². The molecule has 0 amide bonds. The Hall–Kier alpha value is -2.32. The van der Waals surface area contributed by atoms with Gasteiger partial charge in [0.15, 0.2) is 0 Å². The predicted octanol–water partition coefficient (Wildman–Crippen LogP) is 5.18. The molecule has 0 bridgehead atoms. The van der Waals surface area contributed by atoms with E-state index < -0.39 is 0 Å².